The van der Waals surface area contributed by atoms with Crippen molar-refractivity contribution in [2.45, 2.75) is 19.9 Å². The quantitative estimate of drug-likeness (QED) is 0.573. The highest BCUT2D eigenvalue weighted by Gasteiger charge is 2.29. The number of hydrogen-bond acceptors (Lipinski definition) is 6. The van der Waals surface area contributed by atoms with Gasteiger partial charge in [0.25, 0.3) is 5.91 Å². The predicted molar refractivity (Wildman–Crippen MR) is 129 cm³/mol. The number of carbonyl (C=O) groups is 2. The molecule has 10 heteroatoms. The van der Waals surface area contributed by atoms with Crippen LogP contribution in [0.15, 0.2) is 36.7 Å². The van der Waals surface area contributed by atoms with Gasteiger partial charge in [0, 0.05) is 75.5 Å². The molecule has 34 heavy (non-hydrogen) atoms. The van der Waals surface area contributed by atoms with Gasteiger partial charge in [-0.2, -0.15) is 5.10 Å². The minimum absolute atomic E-state index is 0.00430. The molecule has 2 aliphatic heterocycles. The molecular formula is C24H26ClN7O2. The molecule has 1 fully saturated rings. The largest absolute Gasteiger partial charge is 0.351 e. The van der Waals surface area contributed by atoms with Gasteiger partial charge >= 0.3 is 0 Å². The summed E-state index contributed by atoms with van der Waals surface area (Å²) in [5, 5.41) is 4.93. The summed E-state index contributed by atoms with van der Waals surface area (Å²) < 4.78 is 1.74. The lowest BCUT2D eigenvalue weighted by molar-refractivity contribution is -0.129. The number of carbonyl (C=O) groups excluding carboxylic acids is 2. The Morgan fingerprint density at radius 2 is 1.68 bits per heavy atom. The number of halogens is 1. The molecule has 2 aromatic heterocycles. The highest BCUT2D eigenvalue weighted by atomic mass is 35.5. The Bertz CT molecular complexity index is 1230. The van der Waals surface area contributed by atoms with Crippen molar-refractivity contribution in [2.75, 3.05) is 37.6 Å². The fourth-order valence-electron chi connectivity index (χ4n) is 4.45. The Balaban J connectivity index is 1.40. The first-order valence-corrected chi connectivity index (χ1v) is 11.7. The number of benzene rings is 1. The van der Waals surface area contributed by atoms with Gasteiger partial charge in [-0.1, -0.05) is 11.6 Å². The van der Waals surface area contributed by atoms with E-state index in [4.69, 9.17) is 21.6 Å². The normalized spacial score (nSPS) is 15.9. The van der Waals surface area contributed by atoms with Gasteiger partial charge in [0.2, 0.25) is 5.91 Å². The second-order valence-electron chi connectivity index (χ2n) is 8.67. The van der Waals surface area contributed by atoms with Crippen molar-refractivity contribution in [2.24, 2.45) is 7.05 Å². The first-order chi connectivity index (χ1) is 16.4. The third kappa shape index (κ3) is 4.35. The molecule has 2 aliphatic rings. The van der Waals surface area contributed by atoms with Gasteiger partial charge < -0.3 is 14.7 Å². The molecule has 9 nitrogen and oxygen atoms in total. The number of fused-ring (bicyclic) bond motifs is 1. The molecule has 3 aromatic rings. The van der Waals surface area contributed by atoms with Crippen molar-refractivity contribution in [3.63, 3.8) is 0 Å². The van der Waals surface area contributed by atoms with Crippen molar-refractivity contribution in [1.82, 2.24) is 29.5 Å². The van der Waals surface area contributed by atoms with Crippen LogP contribution in [0.25, 0.3) is 11.3 Å². The van der Waals surface area contributed by atoms with Crippen LogP contribution >= 0.6 is 11.6 Å². The summed E-state index contributed by atoms with van der Waals surface area (Å²) in [7, 11) is 1.87. The summed E-state index contributed by atoms with van der Waals surface area (Å²) in [5.74, 6) is 0.854. The molecule has 0 saturated carbocycles. The summed E-state index contributed by atoms with van der Waals surface area (Å²) in [4.78, 5) is 40.7. The van der Waals surface area contributed by atoms with Crippen LogP contribution in [0.4, 0.5) is 5.82 Å². The van der Waals surface area contributed by atoms with Crippen molar-refractivity contribution in [1.29, 1.82) is 0 Å². The zero-order valence-corrected chi connectivity index (χ0v) is 20.0. The molecule has 0 bridgehead atoms. The van der Waals surface area contributed by atoms with E-state index >= 15 is 0 Å². The molecule has 0 atom stereocenters. The minimum atomic E-state index is 0.00430. The van der Waals surface area contributed by atoms with Gasteiger partial charge in [-0.25, -0.2) is 9.97 Å². The number of rotatable bonds is 3. The molecule has 5 rings (SSSR count). The molecule has 1 aromatic carbocycles. The van der Waals surface area contributed by atoms with Crippen molar-refractivity contribution < 1.29 is 9.59 Å². The maximum atomic E-state index is 12.9. The first kappa shape index (κ1) is 22.3. The van der Waals surface area contributed by atoms with Crippen LogP contribution < -0.4 is 4.90 Å². The lowest BCUT2D eigenvalue weighted by Crippen LogP contribution is -2.49. The summed E-state index contributed by atoms with van der Waals surface area (Å²) in [6, 6.07) is 7.00. The molecule has 0 radical (unpaired) electrons. The number of aromatic nitrogens is 4. The molecule has 0 aliphatic carbocycles. The third-order valence-corrected chi connectivity index (χ3v) is 6.62. The molecule has 176 valence electrons. The lowest BCUT2D eigenvalue weighted by atomic mass is 10.1. The number of piperazine rings is 1. The number of aryl methyl sites for hydroxylation is 1. The van der Waals surface area contributed by atoms with Crippen LogP contribution in [0.2, 0.25) is 5.02 Å². The SMILES string of the molecule is CC(=O)N1CCc2nc(N3CCN(C(=O)c4ccc(Cl)cc4)CC3)c(-c3cnn(C)c3)nc2C1. The van der Waals surface area contributed by atoms with E-state index in [0.717, 1.165) is 28.5 Å². The monoisotopic (exact) mass is 479 g/mol. The van der Waals surface area contributed by atoms with E-state index in [2.05, 4.69) is 10.00 Å². The third-order valence-electron chi connectivity index (χ3n) is 6.37. The smallest absolute Gasteiger partial charge is 0.253 e. The predicted octanol–water partition coefficient (Wildman–Crippen LogP) is 2.40. The molecule has 0 N–H and O–H groups in total. The number of anilines is 1. The summed E-state index contributed by atoms with van der Waals surface area (Å²) in [6.45, 7) is 5.18. The van der Waals surface area contributed by atoms with Crippen LogP contribution in [0.5, 0.6) is 0 Å². The average molecular weight is 480 g/mol. The van der Waals surface area contributed by atoms with E-state index in [-0.39, 0.29) is 11.8 Å². The van der Waals surface area contributed by atoms with Gasteiger partial charge in [0.1, 0.15) is 5.69 Å². The summed E-state index contributed by atoms with van der Waals surface area (Å²) >= 11 is 5.96. The zero-order chi connectivity index (χ0) is 23.8. The first-order valence-electron chi connectivity index (χ1n) is 11.3. The standard InChI is InChI=1S/C24H26ClN7O2/c1-16(33)32-8-7-20-21(15-32)27-22(18-13-26-29(2)14-18)23(28-20)30-9-11-31(12-10-30)24(34)17-3-5-19(25)6-4-17/h3-6,13-14H,7-12,15H2,1-2H3. The van der Waals surface area contributed by atoms with E-state index in [9.17, 15) is 9.59 Å². The van der Waals surface area contributed by atoms with E-state index in [1.165, 1.54) is 0 Å². The summed E-state index contributed by atoms with van der Waals surface area (Å²) in [6.07, 6.45) is 4.38. The molecule has 1 saturated heterocycles. The fraction of sp³-hybridized carbons (Fsp3) is 0.375. The van der Waals surface area contributed by atoms with E-state index in [1.807, 2.05) is 18.1 Å². The average Bonchev–Trinajstić information content (AvgIpc) is 3.29. The zero-order valence-electron chi connectivity index (χ0n) is 19.2. The number of amides is 2. The van der Waals surface area contributed by atoms with E-state index in [0.29, 0.717) is 56.3 Å². The Hall–Kier alpha value is -3.46. The van der Waals surface area contributed by atoms with Gasteiger partial charge in [-0.3, -0.25) is 14.3 Å². The Morgan fingerprint density at radius 1 is 0.941 bits per heavy atom. The molecule has 0 unspecified atom stereocenters. The second-order valence-corrected chi connectivity index (χ2v) is 9.11. The lowest BCUT2D eigenvalue weighted by Gasteiger charge is -2.37. The van der Waals surface area contributed by atoms with E-state index in [1.54, 1.807) is 47.0 Å². The minimum Gasteiger partial charge on any atom is -0.351 e. The molecule has 0 spiro atoms. The Morgan fingerprint density at radius 3 is 2.32 bits per heavy atom. The highest BCUT2D eigenvalue weighted by molar-refractivity contribution is 6.30. The maximum Gasteiger partial charge on any atom is 0.253 e. The van der Waals surface area contributed by atoms with Gasteiger partial charge in [-0.05, 0) is 24.3 Å². The number of hydrogen-bond donors (Lipinski definition) is 0. The van der Waals surface area contributed by atoms with Crippen LogP contribution in [0, 0.1) is 0 Å². The van der Waals surface area contributed by atoms with Gasteiger partial charge in [-0.15, -0.1) is 0 Å². The maximum absolute atomic E-state index is 12.9. The topological polar surface area (TPSA) is 87.5 Å². The van der Waals surface area contributed by atoms with Gasteiger partial charge in [0.15, 0.2) is 5.82 Å². The molecule has 2 amide bonds. The molecule has 4 heterocycles. The summed E-state index contributed by atoms with van der Waals surface area (Å²) in [5.41, 5.74) is 4.04. The van der Waals surface area contributed by atoms with Crippen molar-refractivity contribution in [3.8, 4) is 11.3 Å². The Kier molecular flexibility index (Phi) is 5.95. The van der Waals surface area contributed by atoms with Crippen molar-refractivity contribution in [3.05, 3.63) is 58.6 Å². The fourth-order valence-corrected chi connectivity index (χ4v) is 4.57. The van der Waals surface area contributed by atoms with Crippen LogP contribution in [0.1, 0.15) is 28.7 Å². The van der Waals surface area contributed by atoms with Gasteiger partial charge in [0.05, 0.1) is 24.1 Å². The van der Waals surface area contributed by atoms with E-state index < -0.39 is 0 Å². The van der Waals surface area contributed by atoms with Crippen LogP contribution in [-0.4, -0.2) is 74.1 Å². The number of nitrogens with zero attached hydrogens (tertiary/aromatic N) is 7. The van der Waals surface area contributed by atoms with Crippen molar-refractivity contribution >= 4 is 29.2 Å². The highest BCUT2D eigenvalue weighted by Crippen LogP contribution is 2.31. The Labute approximate surface area is 203 Å². The van der Waals surface area contributed by atoms with Crippen LogP contribution in [-0.2, 0) is 24.8 Å². The molecular weight excluding hydrogens is 454 g/mol. The van der Waals surface area contributed by atoms with Crippen LogP contribution in [0.3, 0.4) is 0 Å². The second kappa shape index (κ2) is 9.06.